The molecular weight excluding hydrogens is 368 g/mol. The normalized spacial score (nSPS) is 16.7. The predicted molar refractivity (Wildman–Crippen MR) is 104 cm³/mol. The molecule has 0 bridgehead atoms. The van der Waals surface area contributed by atoms with E-state index in [-0.39, 0.29) is 22.7 Å². The monoisotopic (exact) mass is 386 g/mol. The van der Waals surface area contributed by atoms with Gasteiger partial charge in [-0.1, -0.05) is 29.8 Å². The molecule has 1 aliphatic heterocycles. The van der Waals surface area contributed by atoms with E-state index in [1.807, 2.05) is 29.2 Å². The summed E-state index contributed by atoms with van der Waals surface area (Å²) < 4.78 is 5.18. The summed E-state index contributed by atoms with van der Waals surface area (Å²) in [6.45, 7) is 0.681. The molecule has 2 aromatic rings. The van der Waals surface area contributed by atoms with E-state index >= 15 is 0 Å². The summed E-state index contributed by atoms with van der Waals surface area (Å²) in [6, 6.07) is 12.2. The van der Waals surface area contributed by atoms with Crippen LogP contribution in [0, 0.1) is 10.1 Å². The number of amides is 1. The minimum absolute atomic E-state index is 0.0209. The fourth-order valence-corrected chi connectivity index (χ4v) is 3.43. The summed E-state index contributed by atoms with van der Waals surface area (Å²) in [5, 5.41) is 11.1. The lowest BCUT2D eigenvalue weighted by atomic mass is 10.0. The fraction of sp³-hybridized carbons (Fsp3) is 0.250. The molecule has 1 aliphatic rings. The van der Waals surface area contributed by atoms with Crippen molar-refractivity contribution in [1.82, 2.24) is 4.90 Å². The number of hydrogen-bond donors (Lipinski definition) is 0. The quantitative estimate of drug-likeness (QED) is 0.426. The number of carbonyl (C=O) groups is 1. The lowest BCUT2D eigenvalue weighted by Gasteiger charge is -2.24. The summed E-state index contributed by atoms with van der Waals surface area (Å²) >= 11 is 5.82. The smallest absolute Gasteiger partial charge is 0.288 e. The number of hydrogen-bond acceptors (Lipinski definition) is 4. The Morgan fingerprint density at radius 3 is 2.70 bits per heavy atom. The van der Waals surface area contributed by atoms with Crippen molar-refractivity contribution in [3.63, 3.8) is 0 Å². The van der Waals surface area contributed by atoms with Crippen molar-refractivity contribution in [3.8, 4) is 5.75 Å². The standard InChI is InChI=1S/C20H19ClN2O4/c1-27-16-8-6-15(7-9-16)18-3-2-12-22(18)20(24)11-5-14-4-10-17(21)19(13-14)23(25)26/h4-11,13,18H,2-3,12H2,1H3/b11-5+/t18-/m0/s1. The molecule has 2 aromatic carbocycles. The second-order valence-corrected chi connectivity index (χ2v) is 6.67. The number of ether oxygens (including phenoxy) is 1. The Bertz CT molecular complexity index is 880. The van der Waals surface area contributed by atoms with Gasteiger partial charge < -0.3 is 9.64 Å². The molecule has 1 saturated heterocycles. The molecule has 0 unspecified atom stereocenters. The molecule has 27 heavy (non-hydrogen) atoms. The zero-order valence-electron chi connectivity index (χ0n) is 14.8. The van der Waals surface area contributed by atoms with Crippen LogP contribution in [-0.2, 0) is 4.79 Å². The molecule has 1 heterocycles. The minimum atomic E-state index is -0.540. The number of methoxy groups -OCH3 is 1. The zero-order chi connectivity index (χ0) is 19.4. The molecule has 7 heteroatoms. The van der Waals surface area contributed by atoms with Crippen LogP contribution >= 0.6 is 11.6 Å². The van der Waals surface area contributed by atoms with Crippen molar-refractivity contribution in [2.45, 2.75) is 18.9 Å². The van der Waals surface area contributed by atoms with Gasteiger partial charge in [0.1, 0.15) is 10.8 Å². The average Bonchev–Trinajstić information content (AvgIpc) is 3.17. The predicted octanol–water partition coefficient (Wildman–Crippen LogP) is 4.63. The Labute approximate surface area is 162 Å². The van der Waals surface area contributed by atoms with E-state index in [0.717, 1.165) is 24.2 Å². The maximum atomic E-state index is 12.7. The lowest BCUT2D eigenvalue weighted by molar-refractivity contribution is -0.384. The average molecular weight is 387 g/mol. The Balaban J connectivity index is 1.75. The zero-order valence-corrected chi connectivity index (χ0v) is 15.6. The lowest BCUT2D eigenvalue weighted by Crippen LogP contribution is -2.28. The van der Waals surface area contributed by atoms with E-state index in [1.165, 1.54) is 18.2 Å². The van der Waals surface area contributed by atoms with E-state index < -0.39 is 4.92 Å². The maximum Gasteiger partial charge on any atom is 0.288 e. The fourth-order valence-electron chi connectivity index (χ4n) is 3.24. The van der Waals surface area contributed by atoms with Gasteiger partial charge in [-0.15, -0.1) is 0 Å². The van der Waals surface area contributed by atoms with Gasteiger partial charge in [-0.05, 0) is 48.2 Å². The number of halogens is 1. The number of nitro benzene ring substituents is 1. The molecule has 0 aliphatic carbocycles. The van der Waals surface area contributed by atoms with Gasteiger partial charge in [0.15, 0.2) is 0 Å². The van der Waals surface area contributed by atoms with Gasteiger partial charge in [-0.25, -0.2) is 0 Å². The molecule has 1 amide bonds. The minimum Gasteiger partial charge on any atom is -0.497 e. The molecule has 1 atom stereocenters. The summed E-state index contributed by atoms with van der Waals surface area (Å²) in [4.78, 5) is 24.9. The number of nitrogens with zero attached hydrogens (tertiary/aromatic N) is 2. The van der Waals surface area contributed by atoms with Gasteiger partial charge in [0.2, 0.25) is 5.91 Å². The maximum absolute atomic E-state index is 12.7. The van der Waals surface area contributed by atoms with E-state index in [2.05, 4.69) is 0 Å². The van der Waals surface area contributed by atoms with Crippen LogP contribution in [-0.4, -0.2) is 29.4 Å². The SMILES string of the molecule is COc1ccc([C@@H]2CCCN2C(=O)/C=C/c2ccc(Cl)c([N+](=O)[O-])c2)cc1. The molecule has 0 radical (unpaired) electrons. The summed E-state index contributed by atoms with van der Waals surface area (Å²) in [5.41, 5.74) is 1.44. The number of rotatable bonds is 5. The molecule has 0 saturated carbocycles. The first-order valence-corrected chi connectivity index (χ1v) is 8.94. The summed E-state index contributed by atoms with van der Waals surface area (Å²) in [6.07, 6.45) is 4.87. The van der Waals surface area contributed by atoms with Crippen molar-refractivity contribution in [1.29, 1.82) is 0 Å². The number of carbonyl (C=O) groups excluding carboxylic acids is 1. The first kappa shape index (κ1) is 18.9. The van der Waals surface area contributed by atoms with Gasteiger partial charge in [-0.2, -0.15) is 0 Å². The van der Waals surface area contributed by atoms with Crippen LogP contribution in [0.1, 0.15) is 30.0 Å². The molecule has 140 valence electrons. The molecule has 1 fully saturated rings. The molecule has 6 nitrogen and oxygen atoms in total. The summed E-state index contributed by atoms with van der Waals surface area (Å²) in [7, 11) is 1.62. The van der Waals surface area contributed by atoms with E-state index in [9.17, 15) is 14.9 Å². The van der Waals surface area contributed by atoms with Crippen LogP contribution in [0.5, 0.6) is 5.75 Å². The largest absolute Gasteiger partial charge is 0.497 e. The van der Waals surface area contributed by atoms with E-state index in [1.54, 1.807) is 19.3 Å². The van der Waals surface area contributed by atoms with Crippen molar-refractivity contribution >= 4 is 29.3 Å². The second-order valence-electron chi connectivity index (χ2n) is 6.26. The first-order valence-electron chi connectivity index (χ1n) is 8.56. The van der Waals surface area contributed by atoms with Crippen LogP contribution in [0.25, 0.3) is 6.08 Å². The number of nitro groups is 1. The molecular formula is C20H19ClN2O4. The third-order valence-electron chi connectivity index (χ3n) is 4.62. The van der Waals surface area contributed by atoms with Crippen molar-refractivity contribution in [3.05, 3.63) is 74.8 Å². The van der Waals surface area contributed by atoms with Crippen LogP contribution < -0.4 is 4.74 Å². The van der Waals surface area contributed by atoms with Gasteiger partial charge in [0.05, 0.1) is 18.1 Å². The summed E-state index contributed by atoms with van der Waals surface area (Å²) in [5.74, 6) is 0.657. The first-order chi connectivity index (χ1) is 13.0. The Morgan fingerprint density at radius 2 is 2.04 bits per heavy atom. The van der Waals surface area contributed by atoms with E-state index in [4.69, 9.17) is 16.3 Å². The second kappa shape index (κ2) is 8.22. The van der Waals surface area contributed by atoms with E-state index in [0.29, 0.717) is 12.1 Å². The van der Waals surface area contributed by atoms with Gasteiger partial charge in [0.25, 0.3) is 5.69 Å². The molecule has 0 N–H and O–H groups in total. The topological polar surface area (TPSA) is 72.7 Å². The molecule has 3 rings (SSSR count). The van der Waals surface area contributed by atoms with Crippen LogP contribution in [0.3, 0.4) is 0 Å². The Morgan fingerprint density at radius 1 is 1.30 bits per heavy atom. The number of benzene rings is 2. The highest BCUT2D eigenvalue weighted by molar-refractivity contribution is 6.32. The van der Waals surface area contributed by atoms with Crippen LogP contribution in [0.4, 0.5) is 5.69 Å². The Hall–Kier alpha value is -2.86. The molecule has 0 spiro atoms. The molecule has 0 aromatic heterocycles. The number of likely N-dealkylation sites (tertiary alicyclic amines) is 1. The highest BCUT2D eigenvalue weighted by atomic mass is 35.5. The van der Waals surface area contributed by atoms with Gasteiger partial charge >= 0.3 is 0 Å². The van der Waals surface area contributed by atoms with Crippen molar-refractivity contribution in [2.24, 2.45) is 0 Å². The van der Waals surface area contributed by atoms with Crippen molar-refractivity contribution in [2.75, 3.05) is 13.7 Å². The van der Waals surface area contributed by atoms with Crippen LogP contribution in [0.15, 0.2) is 48.5 Å². The third-order valence-corrected chi connectivity index (χ3v) is 4.94. The Kier molecular flexibility index (Phi) is 5.76. The van der Waals surface area contributed by atoms with Gasteiger partial charge in [-0.3, -0.25) is 14.9 Å². The highest BCUT2D eigenvalue weighted by Gasteiger charge is 2.28. The van der Waals surface area contributed by atoms with Crippen LogP contribution in [0.2, 0.25) is 5.02 Å². The highest BCUT2D eigenvalue weighted by Crippen LogP contribution is 2.33. The van der Waals surface area contributed by atoms with Crippen molar-refractivity contribution < 1.29 is 14.5 Å². The van der Waals surface area contributed by atoms with Gasteiger partial charge in [0, 0.05) is 18.7 Å². The third kappa shape index (κ3) is 4.28.